The summed E-state index contributed by atoms with van der Waals surface area (Å²) in [6.45, 7) is 3.41. The summed E-state index contributed by atoms with van der Waals surface area (Å²) in [7, 11) is 0. The number of carbonyl (C=O) groups excluding carboxylic acids is 1. The number of hydrogen-bond acceptors (Lipinski definition) is 6. The van der Waals surface area contributed by atoms with E-state index >= 15 is 0 Å². The van der Waals surface area contributed by atoms with Gasteiger partial charge in [-0.1, -0.05) is 23.2 Å². The Bertz CT molecular complexity index is 1080. The van der Waals surface area contributed by atoms with Crippen LogP contribution in [0.5, 0.6) is 0 Å². The number of aromatic nitrogens is 4. The van der Waals surface area contributed by atoms with Crippen LogP contribution in [0.1, 0.15) is 26.2 Å². The zero-order valence-corrected chi connectivity index (χ0v) is 19.4. The molecule has 1 saturated heterocycles. The molecule has 0 radical (unpaired) electrons. The number of fused-ring (bicyclic) bond motifs is 1. The van der Waals surface area contributed by atoms with Crippen LogP contribution in [0.25, 0.3) is 16.6 Å². The fourth-order valence-electron chi connectivity index (χ4n) is 3.65. The van der Waals surface area contributed by atoms with Crippen molar-refractivity contribution >= 4 is 61.6 Å². The lowest BCUT2D eigenvalue weighted by Crippen LogP contribution is -2.34. The molecule has 0 saturated carbocycles. The molecule has 1 aliphatic heterocycles. The number of anilines is 1. The van der Waals surface area contributed by atoms with Crippen LogP contribution in [-0.2, 0) is 9.53 Å². The van der Waals surface area contributed by atoms with E-state index in [1.807, 2.05) is 12.1 Å². The maximum absolute atomic E-state index is 11.1. The fourth-order valence-corrected chi connectivity index (χ4v) is 4.58. The molecule has 0 spiro atoms. The number of ether oxygens (including phenoxy) is 1. The van der Waals surface area contributed by atoms with Gasteiger partial charge in [0.25, 0.3) is 0 Å². The van der Waals surface area contributed by atoms with Crippen molar-refractivity contribution in [2.75, 3.05) is 24.7 Å². The molecular formula is C20H20BrCl2N5O2. The second kappa shape index (κ2) is 9.18. The van der Waals surface area contributed by atoms with Crippen molar-refractivity contribution in [3.63, 3.8) is 0 Å². The molecule has 0 bridgehead atoms. The van der Waals surface area contributed by atoms with Crippen LogP contribution in [0, 0.1) is 0 Å². The summed E-state index contributed by atoms with van der Waals surface area (Å²) in [6, 6.07) is 4.06. The highest BCUT2D eigenvalue weighted by atomic mass is 79.9. The molecule has 0 amide bonds. The van der Waals surface area contributed by atoms with Crippen molar-refractivity contribution in [2.45, 2.75) is 32.2 Å². The highest BCUT2D eigenvalue weighted by Gasteiger charge is 2.27. The average molecular weight is 513 g/mol. The molecular weight excluding hydrogens is 493 g/mol. The standard InChI is InChI=1S/C20H20BrCl2N5O2/c1-12(29)4-6-30-9-13-3-2-5-27(13)17-8-16(28-11-24-10-25-28)14-7-15(21)18(22)19(23)20(14)26-17/h7-8,10-11,13H,2-6,9H2,1H3/t13-/m0/s1. The number of hydrogen-bond donors (Lipinski definition) is 0. The van der Waals surface area contributed by atoms with Crippen molar-refractivity contribution < 1.29 is 9.53 Å². The van der Waals surface area contributed by atoms with Crippen molar-refractivity contribution in [3.05, 3.63) is 39.3 Å². The van der Waals surface area contributed by atoms with E-state index in [1.165, 1.54) is 6.33 Å². The second-order valence-corrected chi connectivity index (χ2v) is 8.85. The zero-order valence-electron chi connectivity index (χ0n) is 16.3. The minimum Gasteiger partial charge on any atom is -0.379 e. The van der Waals surface area contributed by atoms with E-state index in [0.717, 1.165) is 36.3 Å². The molecule has 158 valence electrons. The lowest BCUT2D eigenvalue weighted by Gasteiger charge is -2.27. The number of nitrogens with zero attached hydrogens (tertiary/aromatic N) is 5. The number of pyridine rings is 1. The van der Waals surface area contributed by atoms with Crippen molar-refractivity contribution in [3.8, 4) is 5.69 Å². The van der Waals surface area contributed by atoms with E-state index in [0.29, 0.717) is 39.7 Å². The smallest absolute Gasteiger partial charge is 0.138 e. The summed E-state index contributed by atoms with van der Waals surface area (Å²) in [5.41, 5.74) is 1.42. The molecule has 7 nitrogen and oxygen atoms in total. The topological polar surface area (TPSA) is 73.1 Å². The van der Waals surface area contributed by atoms with E-state index in [2.05, 4.69) is 30.9 Å². The van der Waals surface area contributed by atoms with Gasteiger partial charge in [-0.3, -0.25) is 4.79 Å². The largest absolute Gasteiger partial charge is 0.379 e. The Morgan fingerprint density at radius 1 is 1.33 bits per heavy atom. The third-order valence-electron chi connectivity index (χ3n) is 5.15. The highest BCUT2D eigenvalue weighted by molar-refractivity contribution is 9.10. The molecule has 0 unspecified atom stereocenters. The van der Waals surface area contributed by atoms with Gasteiger partial charge in [0.2, 0.25) is 0 Å². The maximum Gasteiger partial charge on any atom is 0.138 e. The number of halogens is 3. The van der Waals surface area contributed by atoms with E-state index in [-0.39, 0.29) is 11.8 Å². The summed E-state index contributed by atoms with van der Waals surface area (Å²) in [6.07, 6.45) is 5.59. The summed E-state index contributed by atoms with van der Waals surface area (Å²) < 4.78 is 8.14. The first-order valence-corrected chi connectivity index (χ1v) is 11.2. The average Bonchev–Trinajstić information content (AvgIpc) is 3.41. The third-order valence-corrected chi connectivity index (χ3v) is 6.86. The number of Topliss-reactive ketones (excluding diaryl/α,β-unsaturated/α-hetero) is 1. The van der Waals surface area contributed by atoms with Crippen LogP contribution < -0.4 is 4.90 Å². The van der Waals surface area contributed by atoms with E-state index < -0.39 is 0 Å². The summed E-state index contributed by atoms with van der Waals surface area (Å²) in [5.74, 6) is 0.913. The third kappa shape index (κ3) is 4.32. The van der Waals surface area contributed by atoms with Crippen LogP contribution in [0.15, 0.2) is 29.3 Å². The van der Waals surface area contributed by atoms with Crippen LogP contribution in [0.3, 0.4) is 0 Å². The zero-order chi connectivity index (χ0) is 21.3. The molecule has 1 aromatic carbocycles. The Morgan fingerprint density at radius 3 is 2.90 bits per heavy atom. The van der Waals surface area contributed by atoms with Crippen LogP contribution in [0.4, 0.5) is 5.82 Å². The normalized spacial score (nSPS) is 16.5. The molecule has 30 heavy (non-hydrogen) atoms. The Balaban J connectivity index is 1.73. The van der Waals surface area contributed by atoms with Gasteiger partial charge in [-0.05, 0) is 41.8 Å². The highest BCUT2D eigenvalue weighted by Crippen LogP contribution is 2.40. The molecule has 4 rings (SSSR count). The quantitative estimate of drug-likeness (QED) is 0.333. The van der Waals surface area contributed by atoms with Crippen molar-refractivity contribution in [1.29, 1.82) is 0 Å². The van der Waals surface area contributed by atoms with Gasteiger partial charge in [-0.25, -0.2) is 14.6 Å². The Hall–Kier alpha value is -1.74. The maximum atomic E-state index is 11.1. The summed E-state index contributed by atoms with van der Waals surface area (Å²) >= 11 is 16.4. The van der Waals surface area contributed by atoms with Gasteiger partial charge >= 0.3 is 0 Å². The summed E-state index contributed by atoms with van der Waals surface area (Å²) in [5, 5.41) is 5.92. The van der Waals surface area contributed by atoms with Gasteiger partial charge < -0.3 is 9.64 Å². The van der Waals surface area contributed by atoms with E-state index in [4.69, 9.17) is 32.9 Å². The molecule has 0 N–H and O–H groups in total. The van der Waals surface area contributed by atoms with Crippen LogP contribution >= 0.6 is 39.1 Å². The van der Waals surface area contributed by atoms with Gasteiger partial charge in [0.1, 0.15) is 24.3 Å². The summed E-state index contributed by atoms with van der Waals surface area (Å²) in [4.78, 5) is 22.3. The van der Waals surface area contributed by atoms with Crippen LogP contribution in [-0.4, -0.2) is 51.3 Å². The Morgan fingerprint density at radius 2 is 2.17 bits per heavy atom. The van der Waals surface area contributed by atoms with Gasteiger partial charge in [0, 0.05) is 28.9 Å². The predicted molar refractivity (Wildman–Crippen MR) is 121 cm³/mol. The predicted octanol–water partition coefficient (Wildman–Crippen LogP) is 4.85. The van der Waals surface area contributed by atoms with Gasteiger partial charge in [-0.15, -0.1) is 0 Å². The Labute approximate surface area is 192 Å². The second-order valence-electron chi connectivity index (χ2n) is 7.24. The van der Waals surface area contributed by atoms with E-state index in [1.54, 1.807) is 17.9 Å². The van der Waals surface area contributed by atoms with E-state index in [9.17, 15) is 4.79 Å². The lowest BCUT2D eigenvalue weighted by atomic mass is 10.1. The Kier molecular flexibility index (Phi) is 6.57. The molecule has 3 aromatic rings. The minimum atomic E-state index is 0.129. The lowest BCUT2D eigenvalue weighted by molar-refractivity contribution is -0.118. The SMILES string of the molecule is CC(=O)CCOC[C@@H]1CCCN1c1cc(-n2cncn2)c2cc(Br)c(Cl)c(Cl)c2n1. The molecule has 10 heteroatoms. The first-order valence-electron chi connectivity index (χ1n) is 9.62. The van der Waals surface area contributed by atoms with Gasteiger partial charge in [-0.2, -0.15) is 5.10 Å². The molecule has 1 aliphatic rings. The fraction of sp³-hybridized carbons (Fsp3) is 0.400. The number of carbonyl (C=O) groups is 1. The molecule has 1 fully saturated rings. The van der Waals surface area contributed by atoms with Crippen LogP contribution in [0.2, 0.25) is 10.0 Å². The monoisotopic (exact) mass is 511 g/mol. The first-order chi connectivity index (χ1) is 14.5. The van der Waals surface area contributed by atoms with Crippen molar-refractivity contribution in [2.24, 2.45) is 0 Å². The molecule has 1 atom stereocenters. The number of benzene rings is 1. The van der Waals surface area contributed by atoms with Crippen molar-refractivity contribution in [1.82, 2.24) is 19.7 Å². The van der Waals surface area contributed by atoms with Gasteiger partial charge in [0.15, 0.2) is 0 Å². The minimum absolute atomic E-state index is 0.129. The molecule has 3 heterocycles. The van der Waals surface area contributed by atoms with Gasteiger partial charge in [0.05, 0.1) is 40.5 Å². The molecule has 0 aliphatic carbocycles. The number of rotatable bonds is 7. The number of ketones is 1. The first kappa shape index (κ1) is 21.5. The molecule has 2 aromatic heterocycles.